The van der Waals surface area contributed by atoms with E-state index in [4.69, 9.17) is 9.47 Å². The summed E-state index contributed by atoms with van der Waals surface area (Å²) in [6.45, 7) is 3.86. The third-order valence-corrected chi connectivity index (χ3v) is 5.94. The van der Waals surface area contributed by atoms with Crippen molar-refractivity contribution in [2.75, 3.05) is 19.9 Å². The van der Waals surface area contributed by atoms with Gasteiger partial charge < -0.3 is 14.6 Å². The van der Waals surface area contributed by atoms with Crippen molar-refractivity contribution in [3.05, 3.63) is 71.0 Å². The van der Waals surface area contributed by atoms with Crippen molar-refractivity contribution < 1.29 is 14.6 Å². The van der Waals surface area contributed by atoms with E-state index in [0.717, 1.165) is 59.2 Å². The van der Waals surface area contributed by atoms with Gasteiger partial charge in [-0.1, -0.05) is 30.3 Å². The summed E-state index contributed by atoms with van der Waals surface area (Å²) in [6.07, 6.45) is 4.31. The zero-order valence-electron chi connectivity index (χ0n) is 16.7. The highest BCUT2D eigenvalue weighted by Gasteiger charge is 2.31. The van der Waals surface area contributed by atoms with E-state index < -0.39 is 6.23 Å². The third-order valence-electron chi connectivity index (χ3n) is 5.94. The lowest BCUT2D eigenvalue weighted by atomic mass is 9.94. The summed E-state index contributed by atoms with van der Waals surface area (Å²) in [7, 11) is 0. The van der Waals surface area contributed by atoms with E-state index in [1.54, 1.807) is 0 Å². The zero-order chi connectivity index (χ0) is 19.8. The van der Waals surface area contributed by atoms with Crippen LogP contribution in [0.5, 0.6) is 5.75 Å². The van der Waals surface area contributed by atoms with Gasteiger partial charge >= 0.3 is 0 Å². The fourth-order valence-corrected chi connectivity index (χ4v) is 4.39. The van der Waals surface area contributed by atoms with Crippen molar-refractivity contribution in [1.82, 2.24) is 9.88 Å². The number of aromatic nitrogens is 1. The minimum atomic E-state index is -0.692. The molecule has 1 saturated heterocycles. The van der Waals surface area contributed by atoms with Crippen LogP contribution in [0.4, 0.5) is 0 Å². The highest BCUT2D eigenvalue weighted by atomic mass is 16.5. The molecule has 0 amide bonds. The summed E-state index contributed by atoms with van der Waals surface area (Å²) >= 11 is 0. The average Bonchev–Trinajstić information content (AvgIpc) is 3.25. The van der Waals surface area contributed by atoms with Crippen LogP contribution in [-0.2, 0) is 11.2 Å². The topological polar surface area (TPSA) is 54.8 Å². The van der Waals surface area contributed by atoms with Crippen LogP contribution in [0.3, 0.4) is 0 Å². The van der Waals surface area contributed by atoms with Gasteiger partial charge in [0.1, 0.15) is 18.7 Å². The van der Waals surface area contributed by atoms with E-state index in [1.165, 1.54) is 5.56 Å². The lowest BCUT2D eigenvalue weighted by molar-refractivity contribution is -0.0802. The first kappa shape index (κ1) is 18.6. The van der Waals surface area contributed by atoms with Gasteiger partial charge in [0, 0.05) is 36.0 Å². The molecule has 2 unspecified atom stereocenters. The molecule has 2 aliphatic heterocycles. The van der Waals surface area contributed by atoms with E-state index in [-0.39, 0.29) is 6.10 Å². The van der Waals surface area contributed by atoms with Crippen molar-refractivity contribution in [2.45, 2.75) is 38.5 Å². The predicted molar refractivity (Wildman–Crippen MR) is 112 cm³/mol. The van der Waals surface area contributed by atoms with E-state index in [0.29, 0.717) is 13.3 Å². The summed E-state index contributed by atoms with van der Waals surface area (Å²) in [5.41, 5.74) is 4.18. The summed E-state index contributed by atoms with van der Waals surface area (Å²) < 4.78 is 11.9. The van der Waals surface area contributed by atoms with Gasteiger partial charge in [-0.15, -0.1) is 0 Å². The first-order valence-electron chi connectivity index (χ1n) is 10.3. The largest absolute Gasteiger partial charge is 0.477 e. The molecule has 1 fully saturated rings. The molecule has 150 valence electrons. The monoisotopic (exact) mass is 390 g/mol. The highest BCUT2D eigenvalue weighted by Crippen LogP contribution is 2.41. The SMILES string of the molecule is Cc1ccc(Cc2cc3c(c4ccccc24)OCN(CC2CCCO2)C3O)cn1. The zero-order valence-corrected chi connectivity index (χ0v) is 16.7. The maximum atomic E-state index is 11.1. The smallest absolute Gasteiger partial charge is 0.144 e. The first-order chi connectivity index (χ1) is 14.2. The van der Waals surface area contributed by atoms with Crippen molar-refractivity contribution in [2.24, 2.45) is 0 Å². The Hall–Kier alpha value is -2.47. The molecular formula is C24H26N2O3. The number of pyridine rings is 1. The molecular weight excluding hydrogens is 364 g/mol. The van der Waals surface area contributed by atoms with Crippen molar-refractivity contribution >= 4 is 10.8 Å². The molecule has 1 aromatic heterocycles. The molecule has 1 N–H and O–H groups in total. The number of fused-ring (bicyclic) bond motifs is 3. The summed E-state index contributed by atoms with van der Waals surface area (Å²) in [5.74, 6) is 0.794. The fraction of sp³-hybridized carbons (Fsp3) is 0.375. The molecule has 29 heavy (non-hydrogen) atoms. The Morgan fingerprint density at radius 3 is 2.79 bits per heavy atom. The van der Waals surface area contributed by atoms with Gasteiger partial charge in [-0.05, 0) is 54.8 Å². The first-order valence-corrected chi connectivity index (χ1v) is 10.3. The van der Waals surface area contributed by atoms with Crippen LogP contribution in [0.15, 0.2) is 48.7 Å². The Bertz CT molecular complexity index is 1010. The molecule has 0 spiro atoms. The number of ether oxygens (including phenoxy) is 2. The summed E-state index contributed by atoms with van der Waals surface area (Å²) in [4.78, 5) is 6.39. The molecule has 2 atom stereocenters. The van der Waals surface area contributed by atoms with Crippen molar-refractivity contribution in [3.63, 3.8) is 0 Å². The molecule has 0 radical (unpaired) electrons. The number of rotatable bonds is 4. The second-order valence-corrected chi connectivity index (χ2v) is 8.04. The van der Waals surface area contributed by atoms with Crippen LogP contribution in [0.1, 0.15) is 41.5 Å². The molecule has 5 nitrogen and oxygen atoms in total. The predicted octanol–water partition coefficient (Wildman–Crippen LogP) is 3.96. The Morgan fingerprint density at radius 1 is 1.17 bits per heavy atom. The lowest BCUT2D eigenvalue weighted by Crippen LogP contribution is -2.41. The lowest BCUT2D eigenvalue weighted by Gasteiger charge is -2.36. The molecule has 0 bridgehead atoms. The van der Waals surface area contributed by atoms with Crippen LogP contribution in [0.2, 0.25) is 0 Å². The number of benzene rings is 2. The summed E-state index contributed by atoms with van der Waals surface area (Å²) in [5, 5.41) is 13.4. The number of aliphatic hydroxyl groups excluding tert-OH is 1. The second-order valence-electron chi connectivity index (χ2n) is 8.04. The van der Waals surface area contributed by atoms with Gasteiger partial charge in [-0.3, -0.25) is 4.98 Å². The van der Waals surface area contributed by atoms with Gasteiger partial charge in [0.05, 0.1) is 6.10 Å². The Kier molecular flexibility index (Phi) is 4.96. The summed E-state index contributed by atoms with van der Waals surface area (Å²) in [6, 6.07) is 14.5. The second kappa shape index (κ2) is 7.75. The maximum Gasteiger partial charge on any atom is 0.144 e. The molecule has 0 saturated carbocycles. The number of aliphatic hydroxyl groups is 1. The quantitative estimate of drug-likeness (QED) is 0.731. The van der Waals surface area contributed by atoms with E-state index in [9.17, 15) is 5.11 Å². The normalized spacial score (nSPS) is 21.9. The van der Waals surface area contributed by atoms with Gasteiger partial charge in [0.15, 0.2) is 0 Å². The molecule has 3 heterocycles. The number of aryl methyl sites for hydroxylation is 1. The van der Waals surface area contributed by atoms with Crippen LogP contribution in [0.25, 0.3) is 10.8 Å². The maximum absolute atomic E-state index is 11.1. The average molecular weight is 390 g/mol. The van der Waals surface area contributed by atoms with Crippen molar-refractivity contribution in [3.8, 4) is 5.75 Å². The number of hydrogen-bond acceptors (Lipinski definition) is 5. The molecule has 0 aliphatic carbocycles. The van der Waals surface area contributed by atoms with Crippen LogP contribution >= 0.6 is 0 Å². The van der Waals surface area contributed by atoms with E-state index in [1.807, 2.05) is 30.2 Å². The standard InChI is InChI=1S/C24H26N2O3/c1-16-8-9-17(13-25-16)11-18-12-22-23(21-7-3-2-6-20(18)21)29-15-26(24(22)27)14-19-5-4-10-28-19/h2-3,6-9,12-13,19,24,27H,4-5,10-11,14-15H2,1H3. The van der Waals surface area contributed by atoms with Gasteiger partial charge in [-0.2, -0.15) is 0 Å². The van der Waals surface area contributed by atoms with Gasteiger partial charge in [0.2, 0.25) is 0 Å². The number of hydrogen-bond donors (Lipinski definition) is 1. The number of nitrogens with zero attached hydrogens (tertiary/aromatic N) is 2. The molecule has 5 rings (SSSR count). The fourth-order valence-electron chi connectivity index (χ4n) is 4.39. The molecule has 3 aromatic rings. The van der Waals surface area contributed by atoms with Crippen molar-refractivity contribution in [1.29, 1.82) is 0 Å². The van der Waals surface area contributed by atoms with Gasteiger partial charge in [-0.25, -0.2) is 4.90 Å². The van der Waals surface area contributed by atoms with E-state index in [2.05, 4.69) is 35.3 Å². The molecule has 5 heteroatoms. The minimum absolute atomic E-state index is 0.174. The Labute approximate surface area is 170 Å². The van der Waals surface area contributed by atoms with Crippen LogP contribution in [-0.4, -0.2) is 41.0 Å². The van der Waals surface area contributed by atoms with Crippen LogP contribution < -0.4 is 4.74 Å². The highest BCUT2D eigenvalue weighted by molar-refractivity contribution is 5.93. The van der Waals surface area contributed by atoms with Crippen LogP contribution in [0, 0.1) is 6.92 Å². The van der Waals surface area contributed by atoms with Gasteiger partial charge in [0.25, 0.3) is 0 Å². The Balaban J connectivity index is 1.52. The molecule has 2 aliphatic rings. The van der Waals surface area contributed by atoms with E-state index >= 15 is 0 Å². The molecule has 2 aromatic carbocycles. The Morgan fingerprint density at radius 2 is 2.03 bits per heavy atom. The third kappa shape index (κ3) is 3.62. The minimum Gasteiger partial charge on any atom is -0.477 e.